The normalized spacial score (nSPS) is 26.6. The van der Waals surface area contributed by atoms with Gasteiger partial charge in [0.1, 0.15) is 0 Å². The Morgan fingerprint density at radius 2 is 1.69 bits per heavy atom. The van der Waals surface area contributed by atoms with Crippen LogP contribution in [0.2, 0.25) is 0 Å². The first-order valence-corrected chi connectivity index (χ1v) is 3.87. The van der Waals surface area contributed by atoms with Crippen molar-refractivity contribution >= 4 is 0 Å². The number of halogens is 4. The standard InChI is InChI=1S/C8H10F4O/c1-4(2)6(13)5-3-7(9,10)8(5,11)12/h3-4,6,13H,1-2H3. The minimum atomic E-state index is -4.18. The Bertz CT molecular complexity index is 245. The SMILES string of the molecule is CC(C)C(O)C1=CC(F)(F)C1(F)F. The van der Waals surface area contributed by atoms with Crippen molar-refractivity contribution in [2.75, 3.05) is 0 Å². The van der Waals surface area contributed by atoms with Crippen molar-refractivity contribution < 1.29 is 22.7 Å². The maximum absolute atomic E-state index is 12.6. The summed E-state index contributed by atoms with van der Waals surface area (Å²) in [6, 6.07) is 0. The highest BCUT2D eigenvalue weighted by atomic mass is 19.3. The highest BCUT2D eigenvalue weighted by Gasteiger charge is 2.66. The van der Waals surface area contributed by atoms with Crippen molar-refractivity contribution in [3.05, 3.63) is 11.6 Å². The molecule has 0 saturated carbocycles. The van der Waals surface area contributed by atoms with Gasteiger partial charge < -0.3 is 5.11 Å². The Kier molecular flexibility index (Phi) is 2.18. The maximum atomic E-state index is 12.6. The summed E-state index contributed by atoms with van der Waals surface area (Å²) in [5, 5.41) is 9.13. The van der Waals surface area contributed by atoms with E-state index in [9.17, 15) is 17.6 Å². The molecule has 0 radical (unpaired) electrons. The number of allylic oxidation sites excluding steroid dienone is 1. The molecule has 1 atom stereocenters. The number of hydrogen-bond donors (Lipinski definition) is 1. The topological polar surface area (TPSA) is 20.2 Å². The second-order valence-corrected chi connectivity index (χ2v) is 3.49. The third kappa shape index (κ3) is 1.35. The van der Waals surface area contributed by atoms with Crippen molar-refractivity contribution in [2.24, 2.45) is 5.92 Å². The van der Waals surface area contributed by atoms with E-state index in [1.54, 1.807) is 0 Å². The molecule has 1 nitrogen and oxygen atoms in total. The van der Waals surface area contributed by atoms with Gasteiger partial charge in [0.25, 0.3) is 0 Å². The van der Waals surface area contributed by atoms with E-state index >= 15 is 0 Å². The Morgan fingerprint density at radius 3 is 1.92 bits per heavy atom. The van der Waals surface area contributed by atoms with Crippen molar-refractivity contribution in [3.8, 4) is 0 Å². The molecule has 0 fully saturated rings. The molecule has 1 aliphatic carbocycles. The van der Waals surface area contributed by atoms with Crippen molar-refractivity contribution in [1.82, 2.24) is 0 Å². The van der Waals surface area contributed by atoms with Crippen LogP contribution in [0.3, 0.4) is 0 Å². The Morgan fingerprint density at radius 1 is 1.23 bits per heavy atom. The third-order valence-electron chi connectivity index (χ3n) is 2.07. The van der Waals surface area contributed by atoms with E-state index in [0.29, 0.717) is 0 Å². The first-order chi connectivity index (χ1) is 5.70. The fourth-order valence-electron chi connectivity index (χ4n) is 1.12. The van der Waals surface area contributed by atoms with Crippen LogP contribution in [-0.2, 0) is 0 Å². The summed E-state index contributed by atoms with van der Waals surface area (Å²) >= 11 is 0. The number of aliphatic hydroxyl groups is 1. The molecular weight excluding hydrogens is 188 g/mol. The average Bonchev–Trinajstić information content (AvgIpc) is 1.98. The predicted octanol–water partition coefficient (Wildman–Crippen LogP) is 2.21. The first kappa shape index (κ1) is 10.5. The minimum Gasteiger partial charge on any atom is -0.388 e. The zero-order chi connectivity index (χ0) is 10.4. The molecule has 0 aromatic heterocycles. The third-order valence-corrected chi connectivity index (χ3v) is 2.07. The van der Waals surface area contributed by atoms with Crippen LogP contribution in [0.5, 0.6) is 0 Å². The summed E-state index contributed by atoms with van der Waals surface area (Å²) in [6.07, 6.45) is -1.35. The molecular formula is C8H10F4O. The van der Waals surface area contributed by atoms with Crippen LogP contribution >= 0.6 is 0 Å². The Balaban J connectivity index is 2.88. The predicted molar refractivity (Wildman–Crippen MR) is 38.8 cm³/mol. The minimum absolute atomic E-state index is 0.137. The van der Waals surface area contributed by atoms with E-state index in [-0.39, 0.29) is 6.08 Å². The van der Waals surface area contributed by atoms with Gasteiger partial charge in [0.05, 0.1) is 6.10 Å². The molecule has 0 aromatic carbocycles. The molecule has 1 aliphatic rings. The fraction of sp³-hybridized carbons (Fsp3) is 0.750. The zero-order valence-electron chi connectivity index (χ0n) is 7.19. The molecule has 5 heteroatoms. The van der Waals surface area contributed by atoms with Gasteiger partial charge in [-0.1, -0.05) is 13.8 Å². The van der Waals surface area contributed by atoms with Gasteiger partial charge in [0.15, 0.2) is 0 Å². The quantitative estimate of drug-likeness (QED) is 0.532. The lowest BCUT2D eigenvalue weighted by molar-refractivity contribution is -0.190. The van der Waals surface area contributed by atoms with Gasteiger partial charge in [-0.25, -0.2) is 0 Å². The maximum Gasteiger partial charge on any atom is 0.337 e. The summed E-state index contributed by atoms with van der Waals surface area (Å²) in [7, 11) is 0. The summed E-state index contributed by atoms with van der Waals surface area (Å²) in [6.45, 7) is 2.97. The summed E-state index contributed by atoms with van der Waals surface area (Å²) in [5.74, 6) is -8.78. The fourth-order valence-corrected chi connectivity index (χ4v) is 1.12. The van der Waals surface area contributed by atoms with Gasteiger partial charge >= 0.3 is 11.8 Å². The van der Waals surface area contributed by atoms with Crippen LogP contribution in [0.1, 0.15) is 13.8 Å². The number of alkyl halides is 4. The molecule has 0 amide bonds. The largest absolute Gasteiger partial charge is 0.388 e. The lowest BCUT2D eigenvalue weighted by Crippen LogP contribution is -2.53. The lowest BCUT2D eigenvalue weighted by atomic mass is 9.81. The molecule has 0 aliphatic heterocycles. The van der Waals surface area contributed by atoms with Crippen LogP contribution in [-0.4, -0.2) is 23.1 Å². The molecule has 0 spiro atoms. The summed E-state index contributed by atoms with van der Waals surface area (Å²) in [5.41, 5.74) is -0.868. The molecule has 1 unspecified atom stereocenters. The Hall–Kier alpha value is -0.580. The molecule has 1 N–H and O–H groups in total. The molecule has 13 heavy (non-hydrogen) atoms. The smallest absolute Gasteiger partial charge is 0.337 e. The van der Waals surface area contributed by atoms with Crippen LogP contribution in [0.15, 0.2) is 11.6 Å². The van der Waals surface area contributed by atoms with Gasteiger partial charge in [-0.3, -0.25) is 0 Å². The summed E-state index contributed by atoms with van der Waals surface area (Å²) in [4.78, 5) is 0. The molecule has 0 bridgehead atoms. The van der Waals surface area contributed by atoms with Crippen molar-refractivity contribution in [1.29, 1.82) is 0 Å². The monoisotopic (exact) mass is 198 g/mol. The summed E-state index contributed by atoms with van der Waals surface area (Å²) < 4.78 is 49.7. The molecule has 0 aromatic rings. The second kappa shape index (κ2) is 2.70. The van der Waals surface area contributed by atoms with Gasteiger partial charge in [0, 0.05) is 5.57 Å². The van der Waals surface area contributed by atoms with E-state index < -0.39 is 29.4 Å². The van der Waals surface area contributed by atoms with Crippen LogP contribution in [0.4, 0.5) is 17.6 Å². The van der Waals surface area contributed by atoms with E-state index in [0.717, 1.165) is 0 Å². The first-order valence-electron chi connectivity index (χ1n) is 3.87. The Labute approximate surface area is 73.1 Å². The molecule has 0 heterocycles. The van der Waals surface area contributed by atoms with E-state index in [1.807, 2.05) is 0 Å². The number of hydrogen-bond acceptors (Lipinski definition) is 1. The van der Waals surface area contributed by atoms with Crippen molar-refractivity contribution in [2.45, 2.75) is 31.8 Å². The van der Waals surface area contributed by atoms with Gasteiger partial charge in [-0.15, -0.1) is 0 Å². The molecule has 1 rings (SSSR count). The van der Waals surface area contributed by atoms with Crippen molar-refractivity contribution in [3.63, 3.8) is 0 Å². The van der Waals surface area contributed by atoms with E-state index in [4.69, 9.17) is 5.11 Å². The average molecular weight is 198 g/mol. The highest BCUT2D eigenvalue weighted by Crippen LogP contribution is 2.51. The lowest BCUT2D eigenvalue weighted by Gasteiger charge is -2.38. The van der Waals surface area contributed by atoms with E-state index in [1.165, 1.54) is 13.8 Å². The van der Waals surface area contributed by atoms with Crippen LogP contribution < -0.4 is 0 Å². The van der Waals surface area contributed by atoms with Gasteiger partial charge in [-0.2, -0.15) is 17.6 Å². The number of rotatable bonds is 2. The molecule has 0 saturated heterocycles. The van der Waals surface area contributed by atoms with Crippen LogP contribution in [0.25, 0.3) is 0 Å². The van der Waals surface area contributed by atoms with Crippen LogP contribution in [0, 0.1) is 5.92 Å². The molecule has 76 valence electrons. The highest BCUT2D eigenvalue weighted by molar-refractivity contribution is 5.37. The number of aliphatic hydroxyl groups excluding tert-OH is 1. The second-order valence-electron chi connectivity index (χ2n) is 3.49. The zero-order valence-corrected chi connectivity index (χ0v) is 7.19. The van der Waals surface area contributed by atoms with Gasteiger partial charge in [0.2, 0.25) is 0 Å². The van der Waals surface area contributed by atoms with Gasteiger partial charge in [-0.05, 0) is 12.0 Å². The van der Waals surface area contributed by atoms with E-state index in [2.05, 4.69) is 0 Å².